The van der Waals surface area contributed by atoms with Crippen LogP contribution in [0.25, 0.3) is 0 Å². The number of nitrogens with one attached hydrogen (secondary N) is 1. The first-order valence-electron chi connectivity index (χ1n) is 6.05. The second-order valence-electron chi connectivity index (χ2n) is 4.59. The van der Waals surface area contributed by atoms with E-state index in [0.29, 0.717) is 11.6 Å². The van der Waals surface area contributed by atoms with Gasteiger partial charge in [-0.3, -0.25) is 0 Å². The second kappa shape index (κ2) is 5.20. The normalized spacial score (nSPS) is 19.0. The Labute approximate surface area is 102 Å². The summed E-state index contributed by atoms with van der Waals surface area (Å²) in [5, 5.41) is 12.5. The zero-order valence-corrected chi connectivity index (χ0v) is 10.4. The lowest BCUT2D eigenvalue weighted by atomic mass is 9.99. The van der Waals surface area contributed by atoms with E-state index in [2.05, 4.69) is 17.5 Å². The van der Waals surface area contributed by atoms with Crippen LogP contribution in [0.2, 0.25) is 0 Å². The van der Waals surface area contributed by atoms with Crippen molar-refractivity contribution in [3.8, 4) is 11.8 Å². The predicted molar refractivity (Wildman–Crippen MR) is 67.2 cm³/mol. The maximum atomic E-state index is 9.00. The van der Waals surface area contributed by atoms with E-state index < -0.39 is 0 Å². The summed E-state index contributed by atoms with van der Waals surface area (Å²) in [7, 11) is 1.66. The van der Waals surface area contributed by atoms with E-state index in [4.69, 9.17) is 10.00 Å². The van der Waals surface area contributed by atoms with Crippen molar-refractivity contribution in [3.63, 3.8) is 0 Å². The van der Waals surface area contributed by atoms with Gasteiger partial charge in [0.05, 0.1) is 18.7 Å². The fraction of sp³-hybridized carbons (Fsp3) is 0.500. The first-order valence-corrected chi connectivity index (χ1v) is 6.05. The molecule has 2 rings (SSSR count). The number of hydrogen-bond donors (Lipinski definition) is 1. The third kappa shape index (κ3) is 2.59. The van der Waals surface area contributed by atoms with Gasteiger partial charge in [-0.15, -0.1) is 0 Å². The first-order chi connectivity index (χ1) is 8.24. The summed E-state index contributed by atoms with van der Waals surface area (Å²) in [5.41, 5.74) is 2.93. The molecule has 0 spiro atoms. The molecule has 1 aliphatic heterocycles. The van der Waals surface area contributed by atoms with Crippen molar-refractivity contribution < 1.29 is 4.74 Å². The van der Waals surface area contributed by atoms with Gasteiger partial charge in [0.15, 0.2) is 0 Å². The molecule has 0 saturated carbocycles. The van der Waals surface area contributed by atoms with E-state index in [9.17, 15) is 0 Å². The van der Waals surface area contributed by atoms with Crippen LogP contribution in [-0.4, -0.2) is 19.7 Å². The zero-order valence-electron chi connectivity index (χ0n) is 10.4. The van der Waals surface area contributed by atoms with Gasteiger partial charge in [0.25, 0.3) is 0 Å². The van der Waals surface area contributed by atoms with Gasteiger partial charge < -0.3 is 10.1 Å². The van der Waals surface area contributed by atoms with Gasteiger partial charge in [-0.2, -0.15) is 5.26 Å². The van der Waals surface area contributed by atoms with Crippen LogP contribution in [0.1, 0.15) is 29.5 Å². The molecule has 1 fully saturated rings. The van der Waals surface area contributed by atoms with Crippen molar-refractivity contribution in [1.82, 2.24) is 5.32 Å². The molecular weight excluding hydrogens is 212 g/mol. The maximum Gasteiger partial charge on any atom is 0.123 e. The van der Waals surface area contributed by atoms with E-state index in [1.807, 2.05) is 13.0 Å². The summed E-state index contributed by atoms with van der Waals surface area (Å²) in [6.07, 6.45) is 3.46. The average Bonchev–Trinajstić information content (AvgIpc) is 2.82. The molecule has 1 heterocycles. The largest absolute Gasteiger partial charge is 0.496 e. The highest BCUT2D eigenvalue weighted by Crippen LogP contribution is 2.25. The number of hydrogen-bond acceptors (Lipinski definition) is 3. The van der Waals surface area contributed by atoms with Gasteiger partial charge in [-0.1, -0.05) is 6.07 Å². The SMILES string of the molecule is COc1cc(C#N)c(C)cc1CC1CCCN1. The minimum atomic E-state index is 0.552. The molecule has 1 saturated heterocycles. The molecular formula is C14H18N2O. The topological polar surface area (TPSA) is 45.0 Å². The van der Waals surface area contributed by atoms with Crippen LogP contribution < -0.4 is 10.1 Å². The summed E-state index contributed by atoms with van der Waals surface area (Å²) < 4.78 is 5.37. The molecule has 0 amide bonds. The Bertz CT molecular complexity index is 442. The molecule has 1 unspecified atom stereocenters. The van der Waals surface area contributed by atoms with Gasteiger partial charge in [0, 0.05) is 6.04 Å². The van der Waals surface area contributed by atoms with Crippen LogP contribution >= 0.6 is 0 Å². The standard InChI is InChI=1S/C14H18N2O/c1-10-6-11(7-13-4-3-5-16-13)14(17-2)8-12(10)9-15/h6,8,13,16H,3-5,7H2,1-2H3. The van der Waals surface area contributed by atoms with Crippen LogP contribution in [-0.2, 0) is 6.42 Å². The molecule has 0 aromatic heterocycles. The third-order valence-corrected chi connectivity index (χ3v) is 3.38. The van der Waals surface area contributed by atoms with Gasteiger partial charge in [-0.25, -0.2) is 0 Å². The Morgan fingerprint density at radius 1 is 1.53 bits per heavy atom. The average molecular weight is 230 g/mol. The van der Waals surface area contributed by atoms with Crippen LogP contribution in [0, 0.1) is 18.3 Å². The number of benzene rings is 1. The van der Waals surface area contributed by atoms with Crippen molar-refractivity contribution in [3.05, 3.63) is 28.8 Å². The lowest BCUT2D eigenvalue weighted by Crippen LogP contribution is -2.23. The molecule has 0 radical (unpaired) electrons. The van der Waals surface area contributed by atoms with Crippen molar-refractivity contribution in [2.24, 2.45) is 0 Å². The van der Waals surface area contributed by atoms with Crippen LogP contribution in [0.3, 0.4) is 0 Å². The minimum Gasteiger partial charge on any atom is -0.496 e. The van der Waals surface area contributed by atoms with Gasteiger partial charge in [0.1, 0.15) is 5.75 Å². The van der Waals surface area contributed by atoms with E-state index in [0.717, 1.165) is 24.3 Å². The molecule has 3 heteroatoms. The van der Waals surface area contributed by atoms with Gasteiger partial charge in [0.2, 0.25) is 0 Å². The summed E-state index contributed by atoms with van der Waals surface area (Å²) in [4.78, 5) is 0. The molecule has 17 heavy (non-hydrogen) atoms. The van der Waals surface area contributed by atoms with Gasteiger partial charge in [-0.05, 0) is 49.9 Å². The lowest BCUT2D eigenvalue weighted by Gasteiger charge is -2.14. The van der Waals surface area contributed by atoms with Crippen molar-refractivity contribution >= 4 is 0 Å². The third-order valence-electron chi connectivity index (χ3n) is 3.38. The maximum absolute atomic E-state index is 9.00. The summed E-state index contributed by atoms with van der Waals surface area (Å²) in [6.45, 7) is 3.09. The second-order valence-corrected chi connectivity index (χ2v) is 4.59. The number of methoxy groups -OCH3 is 1. The van der Waals surface area contributed by atoms with E-state index in [-0.39, 0.29) is 0 Å². The van der Waals surface area contributed by atoms with E-state index in [1.54, 1.807) is 7.11 Å². The summed E-state index contributed by atoms with van der Waals surface area (Å²) in [6, 6.07) is 6.67. The minimum absolute atomic E-state index is 0.552. The van der Waals surface area contributed by atoms with Gasteiger partial charge >= 0.3 is 0 Å². The molecule has 1 aromatic carbocycles. The van der Waals surface area contributed by atoms with Crippen molar-refractivity contribution in [2.75, 3.05) is 13.7 Å². The van der Waals surface area contributed by atoms with Crippen molar-refractivity contribution in [1.29, 1.82) is 5.26 Å². The quantitative estimate of drug-likeness (QED) is 0.865. The molecule has 1 atom stereocenters. The van der Waals surface area contributed by atoms with Crippen molar-refractivity contribution in [2.45, 2.75) is 32.2 Å². The molecule has 3 nitrogen and oxygen atoms in total. The Kier molecular flexibility index (Phi) is 3.65. The van der Waals surface area contributed by atoms with E-state index >= 15 is 0 Å². The number of nitriles is 1. The van der Waals surface area contributed by atoms with Crippen LogP contribution in [0.15, 0.2) is 12.1 Å². The fourth-order valence-corrected chi connectivity index (χ4v) is 2.41. The smallest absolute Gasteiger partial charge is 0.123 e. The number of rotatable bonds is 3. The molecule has 1 N–H and O–H groups in total. The molecule has 90 valence electrons. The number of ether oxygens (including phenoxy) is 1. The van der Waals surface area contributed by atoms with E-state index in [1.165, 1.54) is 18.4 Å². The Hall–Kier alpha value is -1.53. The molecule has 1 aromatic rings. The lowest BCUT2D eigenvalue weighted by molar-refractivity contribution is 0.406. The number of aryl methyl sites for hydroxylation is 1. The Morgan fingerprint density at radius 3 is 2.94 bits per heavy atom. The Balaban J connectivity index is 2.26. The zero-order chi connectivity index (χ0) is 12.3. The summed E-state index contributed by atoms with van der Waals surface area (Å²) in [5.74, 6) is 0.834. The summed E-state index contributed by atoms with van der Waals surface area (Å²) >= 11 is 0. The van der Waals surface area contributed by atoms with Crippen LogP contribution in [0.5, 0.6) is 5.75 Å². The predicted octanol–water partition coefficient (Wildman–Crippen LogP) is 2.17. The highest BCUT2D eigenvalue weighted by molar-refractivity contribution is 5.48. The fourth-order valence-electron chi connectivity index (χ4n) is 2.41. The monoisotopic (exact) mass is 230 g/mol. The van der Waals surface area contributed by atoms with Crippen LogP contribution in [0.4, 0.5) is 0 Å². The first kappa shape index (κ1) is 11.9. The highest BCUT2D eigenvalue weighted by atomic mass is 16.5. The highest BCUT2D eigenvalue weighted by Gasteiger charge is 2.17. The molecule has 0 aliphatic carbocycles. The number of nitrogens with zero attached hydrogens (tertiary/aromatic N) is 1. The molecule has 0 bridgehead atoms. The molecule has 1 aliphatic rings. The Morgan fingerprint density at radius 2 is 2.35 bits per heavy atom.